The largest absolute Gasteiger partial charge is 0.459 e. The lowest BCUT2D eigenvalue weighted by Gasteiger charge is -2.20. The van der Waals surface area contributed by atoms with Gasteiger partial charge in [0, 0.05) is 16.6 Å². The molecule has 7 heteroatoms. The first kappa shape index (κ1) is 19.4. The molecule has 0 fully saturated rings. The lowest BCUT2D eigenvalue weighted by Crippen LogP contribution is -2.16. The minimum absolute atomic E-state index is 0.126. The Labute approximate surface area is 177 Å². The Hall–Kier alpha value is -2.90. The van der Waals surface area contributed by atoms with Crippen molar-refractivity contribution in [3.8, 4) is 0 Å². The summed E-state index contributed by atoms with van der Waals surface area (Å²) in [5, 5.41) is 11.6. The lowest BCUT2D eigenvalue weighted by molar-refractivity contribution is 0.0997. The number of nitrogens with zero attached hydrogens (tertiary/aromatic N) is 1. The third kappa shape index (κ3) is 4.41. The summed E-state index contributed by atoms with van der Waals surface area (Å²) in [6.45, 7) is 4.16. The van der Waals surface area contributed by atoms with Crippen LogP contribution in [0.2, 0.25) is 0 Å². The van der Waals surface area contributed by atoms with Gasteiger partial charge in [0.1, 0.15) is 10.8 Å². The molecule has 2 N–H and O–H groups in total. The van der Waals surface area contributed by atoms with Crippen LogP contribution in [0.5, 0.6) is 0 Å². The quantitative estimate of drug-likeness (QED) is 0.376. The number of aromatic nitrogens is 1. The first-order valence-corrected chi connectivity index (χ1v) is 11.1. The zero-order valence-electron chi connectivity index (χ0n) is 16.1. The molecule has 4 heterocycles. The van der Waals surface area contributed by atoms with Crippen LogP contribution in [0, 0.1) is 6.92 Å². The molecule has 0 saturated heterocycles. The molecule has 0 spiro atoms. The van der Waals surface area contributed by atoms with Gasteiger partial charge in [-0.3, -0.25) is 4.79 Å². The summed E-state index contributed by atoms with van der Waals surface area (Å²) >= 11 is 3.24. The van der Waals surface area contributed by atoms with Crippen molar-refractivity contribution in [3.63, 3.8) is 0 Å². The summed E-state index contributed by atoms with van der Waals surface area (Å²) in [6, 6.07) is 11.5. The Kier molecular flexibility index (Phi) is 5.78. The van der Waals surface area contributed by atoms with E-state index in [1.54, 1.807) is 41.0 Å². The van der Waals surface area contributed by atoms with Crippen molar-refractivity contribution in [1.29, 1.82) is 0 Å². The number of aryl methyl sites for hydroxylation is 2. The van der Waals surface area contributed by atoms with Crippen molar-refractivity contribution in [1.82, 2.24) is 4.98 Å². The topological polar surface area (TPSA) is 67.2 Å². The van der Waals surface area contributed by atoms with E-state index >= 15 is 0 Å². The molecule has 0 aliphatic rings. The number of carbonyl (C=O) groups excluding carboxylic acids is 1. The molecule has 0 aromatic carbocycles. The number of carbonyl (C=O) groups is 1. The summed E-state index contributed by atoms with van der Waals surface area (Å²) in [5.74, 6) is 0.843. The van der Waals surface area contributed by atoms with E-state index in [0.717, 1.165) is 33.9 Å². The minimum atomic E-state index is -0.251. The Balaban J connectivity index is 1.71. The van der Waals surface area contributed by atoms with Gasteiger partial charge in [-0.1, -0.05) is 6.92 Å². The van der Waals surface area contributed by atoms with Crippen LogP contribution in [0.25, 0.3) is 0 Å². The third-order valence-corrected chi connectivity index (χ3v) is 6.44. The highest BCUT2D eigenvalue weighted by Crippen LogP contribution is 2.38. The van der Waals surface area contributed by atoms with Crippen LogP contribution in [0.1, 0.15) is 45.1 Å². The van der Waals surface area contributed by atoms with Gasteiger partial charge in [0.15, 0.2) is 5.76 Å². The van der Waals surface area contributed by atoms with Crippen molar-refractivity contribution in [2.24, 2.45) is 0 Å². The second-order valence-electron chi connectivity index (χ2n) is 6.63. The van der Waals surface area contributed by atoms with Crippen molar-refractivity contribution in [2.75, 3.05) is 10.6 Å². The van der Waals surface area contributed by atoms with Crippen molar-refractivity contribution in [3.05, 3.63) is 86.9 Å². The highest BCUT2D eigenvalue weighted by atomic mass is 32.1. The molecule has 0 bridgehead atoms. The van der Waals surface area contributed by atoms with E-state index in [1.807, 2.05) is 19.1 Å². The molecule has 5 nitrogen and oxygen atoms in total. The molecule has 0 unspecified atom stereocenters. The maximum Gasteiger partial charge on any atom is 0.291 e. The number of thiophene rings is 2. The summed E-state index contributed by atoms with van der Waals surface area (Å²) in [5.41, 5.74) is 3.29. The van der Waals surface area contributed by atoms with E-state index < -0.39 is 0 Å². The number of pyridine rings is 1. The molecule has 148 valence electrons. The van der Waals surface area contributed by atoms with E-state index in [4.69, 9.17) is 4.42 Å². The van der Waals surface area contributed by atoms with Crippen LogP contribution in [-0.2, 0) is 6.42 Å². The monoisotopic (exact) mass is 423 g/mol. The van der Waals surface area contributed by atoms with E-state index in [0.29, 0.717) is 5.76 Å². The number of hydrogen-bond donors (Lipinski definition) is 2. The van der Waals surface area contributed by atoms with E-state index in [9.17, 15) is 4.79 Å². The summed E-state index contributed by atoms with van der Waals surface area (Å²) in [7, 11) is 0. The number of anilines is 2. The predicted molar refractivity (Wildman–Crippen MR) is 119 cm³/mol. The van der Waals surface area contributed by atoms with E-state index in [-0.39, 0.29) is 11.9 Å². The van der Waals surface area contributed by atoms with Gasteiger partial charge < -0.3 is 15.1 Å². The molecule has 4 rings (SSSR count). The fourth-order valence-electron chi connectivity index (χ4n) is 3.06. The van der Waals surface area contributed by atoms with Gasteiger partial charge >= 0.3 is 0 Å². The van der Waals surface area contributed by atoms with Gasteiger partial charge in [-0.15, -0.1) is 11.3 Å². The highest BCUT2D eigenvalue weighted by Gasteiger charge is 2.23. The van der Waals surface area contributed by atoms with Crippen molar-refractivity contribution in [2.45, 2.75) is 26.3 Å². The fraction of sp³-hybridized carbons (Fsp3) is 0.182. The Morgan fingerprint density at radius 3 is 2.86 bits per heavy atom. The summed E-state index contributed by atoms with van der Waals surface area (Å²) in [4.78, 5) is 18.3. The average Bonchev–Trinajstić information content (AvgIpc) is 3.47. The van der Waals surface area contributed by atoms with Gasteiger partial charge in [-0.25, -0.2) is 4.98 Å². The zero-order chi connectivity index (χ0) is 20.2. The molecular formula is C22H21N3O2S2. The number of hydrogen-bond acceptors (Lipinski definition) is 6. The molecule has 4 aromatic heterocycles. The van der Waals surface area contributed by atoms with Crippen LogP contribution < -0.4 is 10.6 Å². The first-order chi connectivity index (χ1) is 14.1. The molecule has 1 amide bonds. The number of nitrogens with one attached hydrogen (secondary N) is 2. The molecule has 0 saturated carbocycles. The fourth-order valence-corrected chi connectivity index (χ4v) is 4.78. The highest BCUT2D eigenvalue weighted by molar-refractivity contribution is 7.16. The predicted octanol–water partition coefficient (Wildman–Crippen LogP) is 6.12. The molecule has 29 heavy (non-hydrogen) atoms. The van der Waals surface area contributed by atoms with Crippen molar-refractivity contribution < 1.29 is 9.21 Å². The molecule has 0 radical (unpaired) electrons. The Bertz CT molecular complexity index is 1090. The maximum atomic E-state index is 12.6. The molecule has 0 aliphatic carbocycles. The van der Waals surface area contributed by atoms with Crippen LogP contribution in [-0.4, -0.2) is 10.9 Å². The Morgan fingerprint density at radius 2 is 2.17 bits per heavy atom. The summed E-state index contributed by atoms with van der Waals surface area (Å²) in [6.07, 6.45) is 4.20. The van der Waals surface area contributed by atoms with Gasteiger partial charge in [-0.2, -0.15) is 11.3 Å². The lowest BCUT2D eigenvalue weighted by atomic mass is 10.0. The number of rotatable bonds is 7. The third-order valence-electron chi connectivity index (χ3n) is 4.53. The Morgan fingerprint density at radius 1 is 1.28 bits per heavy atom. The SMILES string of the molecule is CCc1cc([C@H](Nc2cc(C)ccn2)c2ccsc2)c(NC(=O)c2ccco2)s1. The van der Waals surface area contributed by atoms with Crippen LogP contribution >= 0.6 is 22.7 Å². The molecule has 4 aromatic rings. The van der Waals surface area contributed by atoms with E-state index in [1.165, 1.54) is 11.1 Å². The minimum Gasteiger partial charge on any atom is -0.459 e. The molecule has 0 aliphatic heterocycles. The van der Waals surface area contributed by atoms with Crippen LogP contribution in [0.4, 0.5) is 10.8 Å². The van der Waals surface area contributed by atoms with Gasteiger partial charge in [-0.05, 0) is 71.6 Å². The molecular weight excluding hydrogens is 402 g/mol. The summed E-state index contributed by atoms with van der Waals surface area (Å²) < 4.78 is 5.25. The van der Waals surface area contributed by atoms with E-state index in [2.05, 4.69) is 45.4 Å². The second kappa shape index (κ2) is 8.63. The maximum absolute atomic E-state index is 12.6. The van der Waals surface area contributed by atoms with Gasteiger partial charge in [0.2, 0.25) is 0 Å². The van der Waals surface area contributed by atoms with Gasteiger partial charge in [0.25, 0.3) is 5.91 Å². The molecule has 1 atom stereocenters. The average molecular weight is 424 g/mol. The standard InChI is InChI=1S/C22H21N3O2S2/c1-3-16-12-17(22(29-16)25-21(26)18-5-4-9-27-18)20(15-7-10-28-13-15)24-19-11-14(2)6-8-23-19/h4-13,20H,3H2,1-2H3,(H,23,24)(H,25,26)/t20-/m1/s1. The number of amides is 1. The smallest absolute Gasteiger partial charge is 0.291 e. The van der Waals surface area contributed by atoms with Crippen molar-refractivity contribution >= 4 is 39.4 Å². The number of furan rings is 1. The van der Waals surface area contributed by atoms with Crippen LogP contribution in [0.3, 0.4) is 0 Å². The zero-order valence-corrected chi connectivity index (χ0v) is 17.8. The normalized spacial score (nSPS) is 11.9. The second-order valence-corrected chi connectivity index (χ2v) is 8.55. The first-order valence-electron chi connectivity index (χ1n) is 9.32. The van der Waals surface area contributed by atoms with Crippen LogP contribution in [0.15, 0.2) is 64.0 Å². The van der Waals surface area contributed by atoms with Gasteiger partial charge in [0.05, 0.1) is 12.3 Å².